The second-order valence-electron chi connectivity index (χ2n) is 6.49. The molecule has 0 bridgehead atoms. The lowest BCUT2D eigenvalue weighted by molar-refractivity contribution is 0.0664. The molecule has 0 saturated heterocycles. The highest BCUT2D eigenvalue weighted by molar-refractivity contribution is 6.02. The molecule has 136 valence electrons. The molecular formula is C20H22N2O4. The summed E-state index contributed by atoms with van der Waals surface area (Å²) in [5, 5.41) is 3.51. The van der Waals surface area contributed by atoms with Crippen LogP contribution in [0, 0.1) is 0 Å². The Kier molecular flexibility index (Phi) is 4.11. The summed E-state index contributed by atoms with van der Waals surface area (Å²) in [5.74, 6) is 1.89. The van der Waals surface area contributed by atoms with Crippen molar-refractivity contribution in [1.29, 1.82) is 0 Å². The zero-order valence-corrected chi connectivity index (χ0v) is 15.1. The molecule has 1 atom stereocenters. The monoisotopic (exact) mass is 354 g/mol. The summed E-state index contributed by atoms with van der Waals surface area (Å²) in [6.45, 7) is 0. The summed E-state index contributed by atoms with van der Waals surface area (Å²) in [5.41, 5.74) is 2.38. The summed E-state index contributed by atoms with van der Waals surface area (Å²) in [6.07, 6.45) is 1.71. The van der Waals surface area contributed by atoms with Crippen molar-refractivity contribution in [3.8, 4) is 17.2 Å². The van der Waals surface area contributed by atoms with E-state index in [0.29, 0.717) is 22.8 Å². The smallest absolute Gasteiger partial charge is 0.258 e. The predicted octanol–water partition coefficient (Wildman–Crippen LogP) is 3.44. The van der Waals surface area contributed by atoms with Crippen LogP contribution in [0.2, 0.25) is 0 Å². The lowest BCUT2D eigenvalue weighted by Gasteiger charge is -2.39. The molecule has 0 aromatic heterocycles. The summed E-state index contributed by atoms with van der Waals surface area (Å²) in [4.78, 5) is 15.1. The van der Waals surface area contributed by atoms with Gasteiger partial charge in [0.1, 0.15) is 11.9 Å². The number of nitrogens with one attached hydrogen (secondary N) is 1. The molecule has 26 heavy (non-hydrogen) atoms. The number of rotatable bonds is 5. The van der Waals surface area contributed by atoms with Gasteiger partial charge in [-0.15, -0.1) is 0 Å². The third kappa shape index (κ3) is 2.62. The van der Waals surface area contributed by atoms with Crippen LogP contribution in [0.5, 0.6) is 17.2 Å². The van der Waals surface area contributed by atoms with Gasteiger partial charge < -0.3 is 24.4 Å². The molecule has 1 aliphatic carbocycles. The number of hydrogen-bond acceptors (Lipinski definition) is 5. The van der Waals surface area contributed by atoms with Crippen molar-refractivity contribution in [1.82, 2.24) is 4.90 Å². The van der Waals surface area contributed by atoms with Crippen LogP contribution in [0.4, 0.5) is 5.69 Å². The van der Waals surface area contributed by atoms with Crippen LogP contribution in [-0.2, 0) is 0 Å². The van der Waals surface area contributed by atoms with Gasteiger partial charge in [0.25, 0.3) is 5.91 Å². The van der Waals surface area contributed by atoms with E-state index in [1.807, 2.05) is 35.2 Å². The number of fused-ring (bicyclic) bond motifs is 1. The topological polar surface area (TPSA) is 60.0 Å². The normalized spacial score (nSPS) is 18.8. The van der Waals surface area contributed by atoms with Gasteiger partial charge in [0.2, 0.25) is 0 Å². The second-order valence-corrected chi connectivity index (χ2v) is 6.49. The van der Waals surface area contributed by atoms with E-state index in [2.05, 4.69) is 5.32 Å². The van der Waals surface area contributed by atoms with Crippen LogP contribution in [0.1, 0.15) is 34.9 Å². The Bertz CT molecular complexity index is 848. The van der Waals surface area contributed by atoms with E-state index in [4.69, 9.17) is 14.2 Å². The zero-order valence-electron chi connectivity index (χ0n) is 15.1. The molecule has 1 heterocycles. The van der Waals surface area contributed by atoms with Crippen LogP contribution in [0.15, 0.2) is 36.4 Å². The molecule has 6 heteroatoms. The molecule has 1 aliphatic heterocycles. The first-order valence-electron chi connectivity index (χ1n) is 8.66. The maximum absolute atomic E-state index is 13.1. The van der Waals surface area contributed by atoms with Crippen LogP contribution in [0.3, 0.4) is 0 Å². The fourth-order valence-corrected chi connectivity index (χ4v) is 3.49. The first-order valence-corrected chi connectivity index (χ1v) is 8.66. The fraction of sp³-hybridized carbons (Fsp3) is 0.350. The summed E-state index contributed by atoms with van der Waals surface area (Å²) in [7, 11) is 4.80. The van der Waals surface area contributed by atoms with Crippen LogP contribution in [-0.4, -0.2) is 38.2 Å². The van der Waals surface area contributed by atoms with E-state index >= 15 is 0 Å². The van der Waals surface area contributed by atoms with Gasteiger partial charge in [-0.3, -0.25) is 4.79 Å². The molecule has 1 fully saturated rings. The lowest BCUT2D eigenvalue weighted by atomic mass is 10.0. The molecule has 6 nitrogen and oxygen atoms in total. The molecule has 2 aliphatic rings. The number of hydrogen-bond donors (Lipinski definition) is 1. The van der Waals surface area contributed by atoms with Crippen molar-refractivity contribution in [2.24, 2.45) is 0 Å². The Morgan fingerprint density at radius 1 is 0.962 bits per heavy atom. The SMILES string of the molecule is COc1cc(OC)c([C@H]2Nc3ccccc3C(=O)N2C2CC2)cc1OC. The quantitative estimate of drug-likeness (QED) is 0.891. The molecule has 1 saturated carbocycles. The van der Waals surface area contributed by atoms with Gasteiger partial charge in [0.15, 0.2) is 11.5 Å². The molecule has 4 rings (SSSR count). The van der Waals surface area contributed by atoms with Gasteiger partial charge in [-0.2, -0.15) is 0 Å². The largest absolute Gasteiger partial charge is 0.496 e. The Balaban J connectivity index is 1.84. The highest BCUT2D eigenvalue weighted by Crippen LogP contribution is 2.45. The standard InChI is InChI=1S/C20H22N2O4/c1-24-16-11-18(26-3)17(25-2)10-14(16)19-21-15-7-5-4-6-13(15)20(23)22(19)12-8-9-12/h4-7,10-12,19,21H,8-9H2,1-3H3/t19-/m0/s1. The van der Waals surface area contributed by atoms with E-state index in [-0.39, 0.29) is 18.1 Å². The van der Waals surface area contributed by atoms with Gasteiger partial charge in [-0.05, 0) is 31.0 Å². The molecule has 0 unspecified atom stereocenters. The second kappa shape index (κ2) is 6.44. The Labute approximate surface area is 152 Å². The average molecular weight is 354 g/mol. The third-order valence-electron chi connectivity index (χ3n) is 4.93. The van der Waals surface area contributed by atoms with Crippen molar-refractivity contribution >= 4 is 11.6 Å². The van der Waals surface area contributed by atoms with Crippen molar-refractivity contribution in [3.63, 3.8) is 0 Å². The van der Waals surface area contributed by atoms with E-state index < -0.39 is 0 Å². The van der Waals surface area contributed by atoms with Crippen molar-refractivity contribution in [2.75, 3.05) is 26.6 Å². The third-order valence-corrected chi connectivity index (χ3v) is 4.93. The predicted molar refractivity (Wildman–Crippen MR) is 98.1 cm³/mol. The van der Waals surface area contributed by atoms with Gasteiger partial charge >= 0.3 is 0 Å². The zero-order chi connectivity index (χ0) is 18.3. The number of ether oxygens (including phenoxy) is 3. The van der Waals surface area contributed by atoms with E-state index in [0.717, 1.165) is 24.1 Å². The van der Waals surface area contributed by atoms with Crippen molar-refractivity contribution < 1.29 is 19.0 Å². The number of amides is 1. The van der Waals surface area contributed by atoms with Gasteiger partial charge in [0.05, 0.1) is 26.9 Å². The number of methoxy groups -OCH3 is 3. The average Bonchev–Trinajstić information content (AvgIpc) is 3.51. The van der Waals surface area contributed by atoms with E-state index in [1.54, 1.807) is 27.4 Å². The van der Waals surface area contributed by atoms with Gasteiger partial charge in [0, 0.05) is 23.4 Å². The minimum Gasteiger partial charge on any atom is -0.496 e. The summed E-state index contributed by atoms with van der Waals surface area (Å²) < 4.78 is 16.4. The number of nitrogens with zero attached hydrogens (tertiary/aromatic N) is 1. The fourth-order valence-electron chi connectivity index (χ4n) is 3.49. The summed E-state index contributed by atoms with van der Waals surface area (Å²) >= 11 is 0. The minimum atomic E-state index is -0.320. The van der Waals surface area contributed by atoms with Crippen molar-refractivity contribution in [3.05, 3.63) is 47.5 Å². The van der Waals surface area contributed by atoms with Crippen LogP contribution in [0.25, 0.3) is 0 Å². The number of benzene rings is 2. The maximum Gasteiger partial charge on any atom is 0.258 e. The van der Waals surface area contributed by atoms with E-state index in [9.17, 15) is 4.79 Å². The molecule has 2 aromatic carbocycles. The van der Waals surface area contributed by atoms with Gasteiger partial charge in [-0.25, -0.2) is 0 Å². The highest BCUT2D eigenvalue weighted by Gasteiger charge is 2.43. The minimum absolute atomic E-state index is 0.0451. The molecular weight excluding hydrogens is 332 g/mol. The van der Waals surface area contributed by atoms with Gasteiger partial charge in [-0.1, -0.05) is 12.1 Å². The number of carbonyl (C=O) groups is 1. The Morgan fingerprint density at radius 2 is 1.62 bits per heavy atom. The number of para-hydroxylation sites is 1. The van der Waals surface area contributed by atoms with Crippen LogP contribution < -0.4 is 19.5 Å². The first-order chi connectivity index (χ1) is 12.7. The number of anilines is 1. The molecule has 0 radical (unpaired) electrons. The van der Waals surface area contributed by atoms with E-state index in [1.165, 1.54) is 0 Å². The lowest BCUT2D eigenvalue weighted by Crippen LogP contribution is -2.44. The summed E-state index contributed by atoms with van der Waals surface area (Å²) in [6, 6.07) is 11.5. The Morgan fingerprint density at radius 3 is 2.27 bits per heavy atom. The van der Waals surface area contributed by atoms with Crippen LogP contribution >= 0.6 is 0 Å². The molecule has 1 N–H and O–H groups in total. The first kappa shape index (κ1) is 16.6. The Hall–Kier alpha value is -2.89. The molecule has 1 amide bonds. The molecule has 0 spiro atoms. The van der Waals surface area contributed by atoms with Crippen molar-refractivity contribution in [2.45, 2.75) is 25.0 Å². The number of carbonyl (C=O) groups excluding carboxylic acids is 1. The highest BCUT2D eigenvalue weighted by atomic mass is 16.5. The maximum atomic E-state index is 13.1. The molecule has 2 aromatic rings.